The third-order valence-electron chi connectivity index (χ3n) is 1.62. The summed E-state index contributed by atoms with van der Waals surface area (Å²) < 4.78 is 4.51. The van der Waals surface area contributed by atoms with Gasteiger partial charge in [-0.25, -0.2) is 4.79 Å². The number of Topliss-reactive ketones (excluding diaryl/α,β-unsaturated/α-hetero) is 1. The van der Waals surface area contributed by atoms with Gasteiger partial charge in [-0.2, -0.15) is 0 Å². The molecule has 0 atom stereocenters. The number of ketones is 1. The molecule has 0 aromatic carbocycles. The molecule has 0 rings (SSSR count). The fourth-order valence-electron chi connectivity index (χ4n) is 1.09. The lowest BCUT2D eigenvalue weighted by Gasteiger charge is -2.06. The molecule has 0 aromatic heterocycles. The zero-order valence-electron chi connectivity index (χ0n) is 9.83. The molecule has 0 aromatic rings. The van der Waals surface area contributed by atoms with Crippen LogP contribution in [0.15, 0.2) is 23.4 Å². The van der Waals surface area contributed by atoms with E-state index in [2.05, 4.69) is 4.74 Å². The highest BCUT2D eigenvalue weighted by molar-refractivity contribution is 6.16. The molecular weight excluding hydrogens is 194 g/mol. The van der Waals surface area contributed by atoms with Gasteiger partial charge in [0.15, 0.2) is 5.78 Å². The van der Waals surface area contributed by atoms with Gasteiger partial charge in [0.1, 0.15) is 5.57 Å². The molecule has 0 fully saturated rings. The predicted molar refractivity (Wildman–Crippen MR) is 58.2 cm³/mol. The summed E-state index contributed by atoms with van der Waals surface area (Å²) in [5, 5.41) is 0. The summed E-state index contributed by atoms with van der Waals surface area (Å²) >= 11 is 0. The molecular formula is C11H17NO3. The Labute approximate surface area is 90.2 Å². The van der Waals surface area contributed by atoms with Crippen LogP contribution in [0, 0.1) is 0 Å². The number of hydrogen-bond donors (Lipinski definition) is 0. The molecule has 15 heavy (non-hydrogen) atoms. The molecule has 0 radical (unpaired) electrons. The van der Waals surface area contributed by atoms with Gasteiger partial charge in [0.05, 0.1) is 7.11 Å². The van der Waals surface area contributed by atoms with Crippen molar-refractivity contribution in [1.29, 1.82) is 0 Å². The number of methoxy groups -OCH3 is 1. The standard InChI is InChI=1S/C11H17NO3/c1-8(7-12(3)4)6-10(9(2)13)11(14)15-5/h6-7H,1-5H3. The minimum Gasteiger partial charge on any atom is -0.465 e. The Morgan fingerprint density at radius 2 is 1.73 bits per heavy atom. The molecule has 0 spiro atoms. The van der Waals surface area contributed by atoms with E-state index in [1.54, 1.807) is 0 Å². The number of carbonyl (C=O) groups is 2. The Morgan fingerprint density at radius 1 is 1.20 bits per heavy atom. The summed E-state index contributed by atoms with van der Waals surface area (Å²) in [6.07, 6.45) is 3.33. The molecule has 0 aliphatic rings. The molecule has 84 valence electrons. The molecule has 0 bridgehead atoms. The van der Waals surface area contributed by atoms with E-state index in [1.807, 2.05) is 32.1 Å². The highest BCUT2D eigenvalue weighted by atomic mass is 16.5. The van der Waals surface area contributed by atoms with Crippen molar-refractivity contribution in [2.75, 3.05) is 21.2 Å². The smallest absolute Gasteiger partial charge is 0.341 e. The summed E-state index contributed by atoms with van der Waals surface area (Å²) in [5.74, 6) is -0.901. The molecule has 0 saturated carbocycles. The van der Waals surface area contributed by atoms with Crippen molar-refractivity contribution in [3.05, 3.63) is 23.4 Å². The second-order valence-electron chi connectivity index (χ2n) is 3.44. The zero-order valence-corrected chi connectivity index (χ0v) is 9.83. The Balaban J connectivity index is 5.01. The van der Waals surface area contributed by atoms with Crippen LogP contribution in [0.5, 0.6) is 0 Å². The highest BCUT2D eigenvalue weighted by Gasteiger charge is 2.14. The van der Waals surface area contributed by atoms with E-state index < -0.39 is 5.97 Å². The van der Waals surface area contributed by atoms with Crippen LogP contribution in [-0.4, -0.2) is 37.9 Å². The highest BCUT2D eigenvalue weighted by Crippen LogP contribution is 2.06. The quantitative estimate of drug-likeness (QED) is 0.230. The maximum absolute atomic E-state index is 11.2. The first kappa shape index (κ1) is 13.4. The molecule has 4 heteroatoms. The van der Waals surface area contributed by atoms with E-state index in [-0.39, 0.29) is 11.4 Å². The number of esters is 1. The van der Waals surface area contributed by atoms with Gasteiger partial charge in [0, 0.05) is 20.3 Å². The van der Waals surface area contributed by atoms with Gasteiger partial charge in [-0.3, -0.25) is 4.79 Å². The average Bonchev–Trinajstić information content (AvgIpc) is 2.11. The van der Waals surface area contributed by atoms with Crippen LogP contribution >= 0.6 is 0 Å². The molecule has 4 nitrogen and oxygen atoms in total. The first-order chi connectivity index (χ1) is 6.88. The summed E-state index contributed by atoms with van der Waals surface area (Å²) in [5.41, 5.74) is 0.878. The molecule has 0 aliphatic carbocycles. The van der Waals surface area contributed by atoms with Crippen molar-refractivity contribution < 1.29 is 14.3 Å². The fourth-order valence-corrected chi connectivity index (χ4v) is 1.09. The first-order valence-electron chi connectivity index (χ1n) is 4.54. The van der Waals surface area contributed by atoms with Gasteiger partial charge in [-0.15, -0.1) is 0 Å². The van der Waals surface area contributed by atoms with Crippen molar-refractivity contribution in [3.8, 4) is 0 Å². The van der Waals surface area contributed by atoms with Crippen molar-refractivity contribution >= 4 is 11.8 Å². The number of rotatable bonds is 4. The van der Waals surface area contributed by atoms with E-state index in [0.717, 1.165) is 5.57 Å². The Bertz CT molecular complexity index is 314. The van der Waals surface area contributed by atoms with Crippen LogP contribution in [0.25, 0.3) is 0 Å². The zero-order chi connectivity index (χ0) is 12.0. The van der Waals surface area contributed by atoms with Gasteiger partial charge >= 0.3 is 5.97 Å². The maximum Gasteiger partial charge on any atom is 0.341 e. The normalized spacial score (nSPS) is 12.3. The lowest BCUT2D eigenvalue weighted by Crippen LogP contribution is -2.12. The van der Waals surface area contributed by atoms with Crippen molar-refractivity contribution in [2.45, 2.75) is 13.8 Å². The van der Waals surface area contributed by atoms with Crippen LogP contribution in [0.1, 0.15) is 13.8 Å². The number of allylic oxidation sites excluding steroid dienone is 2. The largest absolute Gasteiger partial charge is 0.465 e. The number of hydrogen-bond acceptors (Lipinski definition) is 4. The molecule has 0 aliphatic heterocycles. The van der Waals surface area contributed by atoms with Crippen LogP contribution in [0.2, 0.25) is 0 Å². The number of ether oxygens (including phenoxy) is 1. The summed E-state index contributed by atoms with van der Waals surface area (Å²) in [7, 11) is 4.98. The molecule has 0 N–H and O–H groups in total. The second kappa shape index (κ2) is 6.01. The lowest BCUT2D eigenvalue weighted by atomic mass is 10.1. The SMILES string of the molecule is COC(=O)C(=CC(C)=CN(C)C)C(C)=O. The van der Waals surface area contributed by atoms with Crippen molar-refractivity contribution in [2.24, 2.45) is 0 Å². The van der Waals surface area contributed by atoms with Gasteiger partial charge in [0.2, 0.25) is 0 Å². The van der Waals surface area contributed by atoms with Gasteiger partial charge in [-0.1, -0.05) is 0 Å². The topological polar surface area (TPSA) is 46.6 Å². The Morgan fingerprint density at radius 3 is 2.07 bits per heavy atom. The Hall–Kier alpha value is -1.58. The van der Waals surface area contributed by atoms with Gasteiger partial charge in [0.25, 0.3) is 0 Å². The maximum atomic E-state index is 11.2. The minimum atomic E-state index is -0.603. The third kappa shape index (κ3) is 5.00. The third-order valence-corrected chi connectivity index (χ3v) is 1.62. The molecule has 0 amide bonds. The van der Waals surface area contributed by atoms with Gasteiger partial charge < -0.3 is 9.64 Å². The molecule has 0 saturated heterocycles. The second-order valence-corrected chi connectivity index (χ2v) is 3.44. The van der Waals surface area contributed by atoms with Crippen molar-refractivity contribution in [3.63, 3.8) is 0 Å². The van der Waals surface area contributed by atoms with Crippen molar-refractivity contribution in [1.82, 2.24) is 4.90 Å². The van der Waals surface area contributed by atoms with Gasteiger partial charge in [-0.05, 0) is 25.5 Å². The summed E-state index contributed by atoms with van der Waals surface area (Å²) in [6.45, 7) is 3.15. The van der Waals surface area contributed by atoms with Crippen LogP contribution in [0.4, 0.5) is 0 Å². The van der Waals surface area contributed by atoms with E-state index in [0.29, 0.717) is 0 Å². The fraction of sp³-hybridized carbons (Fsp3) is 0.455. The monoisotopic (exact) mass is 211 g/mol. The first-order valence-corrected chi connectivity index (χ1v) is 4.54. The van der Waals surface area contributed by atoms with E-state index in [1.165, 1.54) is 20.1 Å². The van der Waals surface area contributed by atoms with Crippen LogP contribution in [-0.2, 0) is 14.3 Å². The van der Waals surface area contributed by atoms with E-state index in [9.17, 15) is 9.59 Å². The van der Waals surface area contributed by atoms with E-state index >= 15 is 0 Å². The van der Waals surface area contributed by atoms with Crippen LogP contribution in [0.3, 0.4) is 0 Å². The number of nitrogens with zero attached hydrogens (tertiary/aromatic N) is 1. The molecule has 0 heterocycles. The summed E-state index contributed by atoms with van der Waals surface area (Å²) in [4.78, 5) is 24.2. The lowest BCUT2D eigenvalue weighted by molar-refractivity contribution is -0.137. The molecule has 0 unspecified atom stereocenters. The number of carbonyl (C=O) groups excluding carboxylic acids is 2. The summed E-state index contributed by atoms with van der Waals surface area (Å²) in [6, 6.07) is 0. The van der Waals surface area contributed by atoms with E-state index in [4.69, 9.17) is 0 Å². The average molecular weight is 211 g/mol. The Kier molecular flexibility index (Phi) is 5.37. The van der Waals surface area contributed by atoms with Crippen LogP contribution < -0.4 is 0 Å². The minimum absolute atomic E-state index is 0.0631. The predicted octanol–water partition coefficient (Wildman–Crippen LogP) is 1.14.